The van der Waals surface area contributed by atoms with E-state index in [1.54, 1.807) is 0 Å². The molecule has 1 rings (SSSR count). The van der Waals surface area contributed by atoms with Gasteiger partial charge in [-0.3, -0.25) is 0 Å². The summed E-state index contributed by atoms with van der Waals surface area (Å²) in [6, 6.07) is 0. The van der Waals surface area contributed by atoms with E-state index in [0.717, 1.165) is 6.54 Å². The molecule has 0 aromatic heterocycles. The standard InChI is InChI=1S/C14H27NO/c1-4-7-9-13(6-3)14-15(10-8-5-2)11-12-16-14/h11-14H,4-10H2,1-3H3. The van der Waals surface area contributed by atoms with Crippen LogP contribution in [0.2, 0.25) is 0 Å². The first-order valence-electron chi connectivity index (χ1n) is 6.91. The molecule has 1 heterocycles. The highest BCUT2D eigenvalue weighted by atomic mass is 16.5. The van der Waals surface area contributed by atoms with Gasteiger partial charge in [0.15, 0.2) is 6.23 Å². The first-order chi connectivity index (χ1) is 7.83. The van der Waals surface area contributed by atoms with Crippen LogP contribution in [-0.2, 0) is 4.74 Å². The lowest BCUT2D eigenvalue weighted by molar-refractivity contribution is 0.000504. The minimum atomic E-state index is 0.308. The SMILES string of the molecule is CCCCC(CC)C1OC=CN1CCCC. The summed E-state index contributed by atoms with van der Waals surface area (Å²) in [5.41, 5.74) is 0. The number of hydrogen-bond donors (Lipinski definition) is 0. The van der Waals surface area contributed by atoms with Crippen LogP contribution in [0.1, 0.15) is 59.3 Å². The molecule has 0 N–H and O–H groups in total. The van der Waals surface area contributed by atoms with Crippen LogP contribution in [0.5, 0.6) is 0 Å². The van der Waals surface area contributed by atoms with Crippen molar-refractivity contribution >= 4 is 0 Å². The van der Waals surface area contributed by atoms with E-state index in [9.17, 15) is 0 Å². The molecule has 0 saturated carbocycles. The van der Waals surface area contributed by atoms with Crippen molar-refractivity contribution in [3.63, 3.8) is 0 Å². The summed E-state index contributed by atoms with van der Waals surface area (Å²) in [7, 11) is 0. The first kappa shape index (κ1) is 13.4. The monoisotopic (exact) mass is 225 g/mol. The molecule has 16 heavy (non-hydrogen) atoms. The summed E-state index contributed by atoms with van der Waals surface area (Å²) >= 11 is 0. The van der Waals surface area contributed by atoms with E-state index < -0.39 is 0 Å². The molecule has 0 amide bonds. The Kier molecular flexibility index (Phi) is 6.36. The lowest BCUT2D eigenvalue weighted by atomic mass is 9.97. The third kappa shape index (κ3) is 3.73. The highest BCUT2D eigenvalue weighted by molar-refractivity contribution is 4.89. The molecular weight excluding hydrogens is 198 g/mol. The van der Waals surface area contributed by atoms with Crippen molar-refractivity contribution in [3.8, 4) is 0 Å². The van der Waals surface area contributed by atoms with Crippen LogP contribution in [0.25, 0.3) is 0 Å². The van der Waals surface area contributed by atoms with Crippen LogP contribution in [0.15, 0.2) is 12.5 Å². The Balaban J connectivity index is 2.42. The van der Waals surface area contributed by atoms with E-state index >= 15 is 0 Å². The van der Waals surface area contributed by atoms with Crippen molar-refractivity contribution < 1.29 is 4.74 Å². The van der Waals surface area contributed by atoms with E-state index in [1.807, 2.05) is 6.26 Å². The molecule has 2 unspecified atom stereocenters. The highest BCUT2D eigenvalue weighted by Crippen LogP contribution is 2.26. The van der Waals surface area contributed by atoms with Crippen LogP contribution in [0.3, 0.4) is 0 Å². The van der Waals surface area contributed by atoms with Crippen molar-refractivity contribution in [2.75, 3.05) is 6.54 Å². The van der Waals surface area contributed by atoms with Crippen molar-refractivity contribution in [2.45, 2.75) is 65.5 Å². The maximum atomic E-state index is 5.76. The van der Waals surface area contributed by atoms with Gasteiger partial charge in [0.05, 0.1) is 0 Å². The van der Waals surface area contributed by atoms with Crippen LogP contribution >= 0.6 is 0 Å². The third-order valence-electron chi connectivity index (χ3n) is 3.42. The average molecular weight is 225 g/mol. The fourth-order valence-corrected chi connectivity index (χ4v) is 2.30. The van der Waals surface area contributed by atoms with Gasteiger partial charge in [0, 0.05) is 18.7 Å². The van der Waals surface area contributed by atoms with Crippen molar-refractivity contribution in [1.29, 1.82) is 0 Å². The smallest absolute Gasteiger partial charge is 0.174 e. The molecular formula is C14H27NO. The maximum absolute atomic E-state index is 5.76. The molecule has 2 heteroatoms. The van der Waals surface area contributed by atoms with Crippen LogP contribution in [0, 0.1) is 5.92 Å². The zero-order valence-corrected chi connectivity index (χ0v) is 11.1. The quantitative estimate of drug-likeness (QED) is 0.616. The molecule has 0 aromatic carbocycles. The average Bonchev–Trinajstić information content (AvgIpc) is 2.76. The maximum Gasteiger partial charge on any atom is 0.174 e. The molecule has 0 saturated heterocycles. The van der Waals surface area contributed by atoms with Crippen molar-refractivity contribution in [2.24, 2.45) is 5.92 Å². The Morgan fingerprint density at radius 3 is 2.56 bits per heavy atom. The topological polar surface area (TPSA) is 12.5 Å². The summed E-state index contributed by atoms with van der Waals surface area (Å²) in [4.78, 5) is 2.38. The largest absolute Gasteiger partial charge is 0.476 e. The fourth-order valence-electron chi connectivity index (χ4n) is 2.30. The third-order valence-corrected chi connectivity index (χ3v) is 3.42. The van der Waals surface area contributed by atoms with Gasteiger partial charge < -0.3 is 9.64 Å². The minimum Gasteiger partial charge on any atom is -0.476 e. The van der Waals surface area contributed by atoms with Gasteiger partial charge in [-0.15, -0.1) is 0 Å². The first-order valence-corrected chi connectivity index (χ1v) is 6.91. The summed E-state index contributed by atoms with van der Waals surface area (Å²) < 4.78 is 5.76. The lowest BCUT2D eigenvalue weighted by Crippen LogP contribution is -2.35. The van der Waals surface area contributed by atoms with Gasteiger partial charge in [-0.05, 0) is 19.3 Å². The van der Waals surface area contributed by atoms with Crippen molar-refractivity contribution in [3.05, 3.63) is 12.5 Å². The van der Waals surface area contributed by atoms with Gasteiger partial charge in [0.25, 0.3) is 0 Å². The van der Waals surface area contributed by atoms with Crippen LogP contribution in [-0.4, -0.2) is 17.7 Å². The zero-order chi connectivity index (χ0) is 11.8. The Morgan fingerprint density at radius 2 is 1.94 bits per heavy atom. The summed E-state index contributed by atoms with van der Waals surface area (Å²) in [5, 5.41) is 0. The molecule has 1 aliphatic rings. The minimum absolute atomic E-state index is 0.308. The van der Waals surface area contributed by atoms with E-state index in [4.69, 9.17) is 4.74 Å². The van der Waals surface area contributed by atoms with Gasteiger partial charge in [-0.2, -0.15) is 0 Å². The van der Waals surface area contributed by atoms with E-state index in [0.29, 0.717) is 12.1 Å². The Bertz CT molecular complexity index is 203. The second-order valence-electron chi connectivity index (χ2n) is 4.71. The molecule has 94 valence electrons. The van der Waals surface area contributed by atoms with Gasteiger partial charge in [-0.25, -0.2) is 0 Å². The van der Waals surface area contributed by atoms with Crippen LogP contribution < -0.4 is 0 Å². The highest BCUT2D eigenvalue weighted by Gasteiger charge is 2.27. The number of nitrogens with zero attached hydrogens (tertiary/aromatic N) is 1. The predicted octanol–water partition coefficient (Wildman–Crippen LogP) is 4.13. The number of hydrogen-bond acceptors (Lipinski definition) is 2. The number of unbranched alkanes of at least 4 members (excludes halogenated alkanes) is 2. The lowest BCUT2D eigenvalue weighted by Gasteiger charge is -2.30. The summed E-state index contributed by atoms with van der Waals surface area (Å²) in [6.07, 6.45) is 11.9. The second kappa shape index (κ2) is 7.59. The molecule has 0 spiro atoms. The Morgan fingerprint density at radius 1 is 1.19 bits per heavy atom. The molecule has 0 aliphatic carbocycles. The number of ether oxygens (including phenoxy) is 1. The molecule has 0 aromatic rings. The van der Waals surface area contributed by atoms with Gasteiger partial charge in [-0.1, -0.05) is 40.0 Å². The second-order valence-corrected chi connectivity index (χ2v) is 4.71. The molecule has 0 bridgehead atoms. The van der Waals surface area contributed by atoms with Crippen molar-refractivity contribution in [1.82, 2.24) is 4.90 Å². The molecule has 2 nitrogen and oxygen atoms in total. The van der Waals surface area contributed by atoms with E-state index in [1.165, 1.54) is 38.5 Å². The van der Waals surface area contributed by atoms with Gasteiger partial charge in [0.2, 0.25) is 0 Å². The van der Waals surface area contributed by atoms with E-state index in [2.05, 4.69) is 31.9 Å². The van der Waals surface area contributed by atoms with E-state index in [-0.39, 0.29) is 0 Å². The normalized spacial score (nSPS) is 21.2. The molecule has 2 atom stereocenters. The molecule has 1 aliphatic heterocycles. The Hall–Kier alpha value is -0.660. The zero-order valence-electron chi connectivity index (χ0n) is 11.1. The Labute approximate surface area is 101 Å². The fraction of sp³-hybridized carbons (Fsp3) is 0.857. The van der Waals surface area contributed by atoms with Crippen LogP contribution in [0.4, 0.5) is 0 Å². The van der Waals surface area contributed by atoms with Gasteiger partial charge in [0.1, 0.15) is 6.26 Å². The number of rotatable bonds is 8. The molecule has 0 fully saturated rings. The molecule has 0 radical (unpaired) electrons. The summed E-state index contributed by atoms with van der Waals surface area (Å²) in [6.45, 7) is 7.92. The summed E-state index contributed by atoms with van der Waals surface area (Å²) in [5.74, 6) is 0.687. The van der Waals surface area contributed by atoms with Gasteiger partial charge >= 0.3 is 0 Å². The predicted molar refractivity (Wildman–Crippen MR) is 68.9 cm³/mol.